The lowest BCUT2D eigenvalue weighted by Crippen LogP contribution is -2.30. The van der Waals surface area contributed by atoms with Crippen LogP contribution in [0.25, 0.3) is 21.5 Å². The summed E-state index contributed by atoms with van der Waals surface area (Å²) in [6, 6.07) is 33.9. The molecule has 0 aliphatic rings. The average Bonchev–Trinajstić information content (AvgIpc) is 2.68. The quantitative estimate of drug-likeness (QED) is 0.409. The fourth-order valence-corrected chi connectivity index (χ4v) is 6.93. The lowest BCUT2D eigenvalue weighted by atomic mass is 10.0. The second-order valence-corrected chi connectivity index (χ2v) is 10.3. The van der Waals surface area contributed by atoms with Gasteiger partial charge < -0.3 is 0 Å². The highest BCUT2D eigenvalue weighted by atomic mass is 28.3. The maximum Gasteiger partial charge on any atom is 0.0717 e. The fourth-order valence-electron chi connectivity index (χ4n) is 4.03. The third-order valence-corrected chi connectivity index (χ3v) is 8.75. The van der Waals surface area contributed by atoms with Gasteiger partial charge in [0.1, 0.15) is 0 Å². The van der Waals surface area contributed by atoms with Crippen molar-refractivity contribution in [2.45, 2.75) is 25.4 Å². The Morgan fingerprint density at radius 1 is 0.640 bits per heavy atom. The van der Waals surface area contributed by atoms with E-state index in [4.69, 9.17) is 0 Å². The van der Waals surface area contributed by atoms with Crippen LogP contribution in [0.4, 0.5) is 0 Å². The summed E-state index contributed by atoms with van der Waals surface area (Å²) in [6.45, 7) is 2.38. The Labute approximate surface area is 151 Å². The zero-order chi connectivity index (χ0) is 17.1. The zero-order valence-corrected chi connectivity index (χ0v) is 15.9. The molecule has 1 atom stereocenters. The van der Waals surface area contributed by atoms with Crippen molar-refractivity contribution in [2.24, 2.45) is 0 Å². The SMILES string of the molecule is CC[SiH](CCc1cccc2ccccc12)c1cccc2ccccc12. The maximum absolute atomic E-state index is 2.38. The van der Waals surface area contributed by atoms with Crippen LogP contribution in [-0.4, -0.2) is 8.80 Å². The highest BCUT2D eigenvalue weighted by Gasteiger charge is 2.14. The number of hydrogen-bond donors (Lipinski definition) is 0. The molecule has 0 radical (unpaired) electrons. The lowest BCUT2D eigenvalue weighted by Gasteiger charge is -2.17. The van der Waals surface area contributed by atoms with Crippen LogP contribution in [0.3, 0.4) is 0 Å². The lowest BCUT2D eigenvalue weighted by molar-refractivity contribution is 1.12. The molecule has 0 saturated heterocycles. The van der Waals surface area contributed by atoms with Gasteiger partial charge in [-0.1, -0.05) is 109 Å². The van der Waals surface area contributed by atoms with Gasteiger partial charge in [-0.05, 0) is 33.5 Å². The smallest absolute Gasteiger partial charge is 0.0677 e. The van der Waals surface area contributed by atoms with E-state index >= 15 is 0 Å². The molecule has 0 aliphatic heterocycles. The van der Waals surface area contributed by atoms with Gasteiger partial charge in [0.15, 0.2) is 0 Å². The largest absolute Gasteiger partial charge is 0.0717 e. The minimum Gasteiger partial charge on any atom is -0.0677 e. The second-order valence-electron chi connectivity index (χ2n) is 6.85. The van der Waals surface area contributed by atoms with Crippen LogP contribution in [0, 0.1) is 0 Å². The third-order valence-electron chi connectivity index (χ3n) is 5.40. The van der Waals surface area contributed by atoms with Gasteiger partial charge in [-0.15, -0.1) is 0 Å². The van der Waals surface area contributed by atoms with Gasteiger partial charge in [-0.25, -0.2) is 0 Å². The monoisotopic (exact) mass is 340 g/mol. The molecule has 0 saturated carbocycles. The molecule has 0 heterocycles. The minimum absolute atomic E-state index is 0.972. The van der Waals surface area contributed by atoms with E-state index in [-0.39, 0.29) is 0 Å². The standard InChI is InChI=1S/C24H24Si/c1-2-25(24-16-8-13-20-10-4-6-15-23(20)24)18-17-21-12-7-11-19-9-3-5-14-22(19)21/h3-16,25H,2,17-18H2,1H3. The number of hydrogen-bond acceptors (Lipinski definition) is 0. The van der Waals surface area contributed by atoms with E-state index in [9.17, 15) is 0 Å². The van der Waals surface area contributed by atoms with Crippen LogP contribution in [0.2, 0.25) is 12.1 Å². The van der Waals surface area contributed by atoms with Crippen molar-refractivity contribution in [1.29, 1.82) is 0 Å². The molecule has 4 aromatic rings. The van der Waals surface area contributed by atoms with E-state index in [2.05, 4.69) is 91.9 Å². The van der Waals surface area contributed by atoms with Gasteiger partial charge in [0.25, 0.3) is 0 Å². The Morgan fingerprint density at radius 3 is 2.00 bits per heavy atom. The molecule has 0 spiro atoms. The molecular formula is C24H24Si. The molecule has 1 heteroatoms. The third kappa shape index (κ3) is 3.25. The highest BCUT2D eigenvalue weighted by molar-refractivity contribution is 6.75. The van der Waals surface area contributed by atoms with E-state index < -0.39 is 8.80 Å². The molecule has 4 aromatic carbocycles. The maximum atomic E-state index is 2.38. The Bertz CT molecular complexity index is 992. The minimum atomic E-state index is -0.972. The Kier molecular flexibility index (Phi) is 4.67. The Hall–Kier alpha value is -2.38. The Morgan fingerprint density at radius 2 is 1.24 bits per heavy atom. The molecule has 0 nitrogen and oxygen atoms in total. The first-order valence-corrected chi connectivity index (χ1v) is 11.5. The van der Waals surface area contributed by atoms with Crippen molar-refractivity contribution < 1.29 is 0 Å². The van der Waals surface area contributed by atoms with Crippen LogP contribution in [-0.2, 0) is 6.42 Å². The van der Waals surface area contributed by atoms with Crippen molar-refractivity contribution in [1.82, 2.24) is 0 Å². The van der Waals surface area contributed by atoms with Gasteiger partial charge >= 0.3 is 0 Å². The van der Waals surface area contributed by atoms with Crippen molar-refractivity contribution in [3.63, 3.8) is 0 Å². The fraction of sp³-hybridized carbons (Fsp3) is 0.167. The molecule has 0 aliphatic carbocycles. The van der Waals surface area contributed by atoms with Crippen molar-refractivity contribution in [3.05, 3.63) is 90.5 Å². The summed E-state index contributed by atoms with van der Waals surface area (Å²) in [5.74, 6) is 0. The van der Waals surface area contributed by atoms with Gasteiger partial charge in [0.2, 0.25) is 0 Å². The van der Waals surface area contributed by atoms with Crippen LogP contribution in [0.15, 0.2) is 84.9 Å². The van der Waals surface area contributed by atoms with Crippen molar-refractivity contribution in [3.8, 4) is 0 Å². The molecule has 0 amide bonds. The second kappa shape index (κ2) is 7.24. The van der Waals surface area contributed by atoms with E-state index in [1.54, 1.807) is 5.19 Å². The molecule has 0 aromatic heterocycles. The van der Waals surface area contributed by atoms with Crippen molar-refractivity contribution in [2.75, 3.05) is 0 Å². The van der Waals surface area contributed by atoms with Crippen LogP contribution < -0.4 is 5.19 Å². The molecule has 1 unspecified atom stereocenters. The van der Waals surface area contributed by atoms with E-state index in [0.29, 0.717) is 0 Å². The predicted octanol–water partition coefficient (Wildman–Crippen LogP) is 5.69. The molecule has 0 fully saturated rings. The Balaban J connectivity index is 1.64. The summed E-state index contributed by atoms with van der Waals surface area (Å²) in [6.07, 6.45) is 1.19. The molecular weight excluding hydrogens is 316 g/mol. The number of fused-ring (bicyclic) bond motifs is 2. The summed E-state index contributed by atoms with van der Waals surface area (Å²) in [4.78, 5) is 0. The highest BCUT2D eigenvalue weighted by Crippen LogP contribution is 2.21. The number of benzene rings is 4. The summed E-state index contributed by atoms with van der Waals surface area (Å²) >= 11 is 0. The zero-order valence-electron chi connectivity index (χ0n) is 14.8. The van der Waals surface area contributed by atoms with E-state index in [0.717, 1.165) is 0 Å². The molecule has 124 valence electrons. The summed E-state index contributed by atoms with van der Waals surface area (Å²) < 4.78 is 0. The first kappa shape index (κ1) is 16.1. The van der Waals surface area contributed by atoms with Crippen LogP contribution >= 0.6 is 0 Å². The van der Waals surface area contributed by atoms with Gasteiger partial charge in [0, 0.05) is 0 Å². The first-order valence-electron chi connectivity index (χ1n) is 9.31. The van der Waals surface area contributed by atoms with Gasteiger partial charge in [-0.3, -0.25) is 0 Å². The average molecular weight is 341 g/mol. The summed E-state index contributed by atoms with van der Waals surface area (Å²) in [5, 5.41) is 7.28. The first-order chi connectivity index (χ1) is 12.4. The van der Waals surface area contributed by atoms with Crippen molar-refractivity contribution >= 4 is 35.5 Å². The van der Waals surface area contributed by atoms with Crippen LogP contribution in [0.1, 0.15) is 12.5 Å². The molecule has 0 bridgehead atoms. The van der Waals surface area contributed by atoms with E-state index in [1.807, 2.05) is 0 Å². The number of rotatable bonds is 5. The molecule has 25 heavy (non-hydrogen) atoms. The number of aryl methyl sites for hydroxylation is 1. The van der Waals surface area contributed by atoms with Gasteiger partial charge in [0.05, 0.1) is 8.80 Å². The summed E-state index contributed by atoms with van der Waals surface area (Å²) in [7, 11) is -0.972. The summed E-state index contributed by atoms with van der Waals surface area (Å²) in [5.41, 5.74) is 1.50. The normalized spacial score (nSPS) is 12.5. The molecule has 4 rings (SSSR count). The van der Waals surface area contributed by atoms with E-state index in [1.165, 1.54) is 45.6 Å². The van der Waals surface area contributed by atoms with Gasteiger partial charge in [-0.2, -0.15) is 0 Å². The topological polar surface area (TPSA) is 0 Å². The predicted molar refractivity (Wildman–Crippen MR) is 114 cm³/mol. The molecule has 0 N–H and O–H groups in total. The van der Waals surface area contributed by atoms with Crippen LogP contribution in [0.5, 0.6) is 0 Å².